The lowest BCUT2D eigenvalue weighted by Gasteiger charge is -2.11. The van der Waals surface area contributed by atoms with Crippen LogP contribution in [0.5, 0.6) is 0 Å². The minimum absolute atomic E-state index is 0. The summed E-state index contributed by atoms with van der Waals surface area (Å²) in [5, 5.41) is 0. The summed E-state index contributed by atoms with van der Waals surface area (Å²) >= 11 is 0. The predicted molar refractivity (Wildman–Crippen MR) is 109 cm³/mol. The molecule has 3 rings (SSSR count). The molecule has 29 heavy (non-hydrogen) atoms. The predicted octanol–water partition coefficient (Wildman–Crippen LogP) is 1.48. The molecule has 0 radical (unpaired) electrons. The summed E-state index contributed by atoms with van der Waals surface area (Å²) < 4.78 is 4.20. The summed E-state index contributed by atoms with van der Waals surface area (Å²) in [5.74, 6) is 0.658. The van der Waals surface area contributed by atoms with Crippen LogP contribution >= 0.6 is 0 Å². The van der Waals surface area contributed by atoms with E-state index < -0.39 is 0 Å². The quantitative estimate of drug-likeness (QED) is 0.289. The first kappa shape index (κ1) is 23.3. The van der Waals surface area contributed by atoms with Gasteiger partial charge in [-0.2, -0.15) is 0 Å². The molecule has 0 bridgehead atoms. The number of halogens is 1. The van der Waals surface area contributed by atoms with Crippen molar-refractivity contribution in [3.63, 3.8) is 0 Å². The van der Waals surface area contributed by atoms with Gasteiger partial charge in [-0.3, -0.25) is 9.59 Å². The van der Waals surface area contributed by atoms with Crippen molar-refractivity contribution in [3.05, 3.63) is 53.6 Å². The summed E-state index contributed by atoms with van der Waals surface area (Å²) in [7, 11) is 0. The standard InChI is InChI=1S/C23H32N3O2.BrH/c1-3-4-5-6-7-8-9-12-15-24-16-17-25(19(24)2)18-26-22(27)20-13-10-11-14-21(20)23(26)28;/h10-11,13-14,16-17H,3-9,12,15,18H2,1-2H3;1H/q+1;/p-1. The van der Waals surface area contributed by atoms with Crippen LogP contribution in [-0.4, -0.2) is 21.3 Å². The monoisotopic (exact) mass is 461 g/mol. The van der Waals surface area contributed by atoms with E-state index in [2.05, 4.69) is 17.7 Å². The van der Waals surface area contributed by atoms with Gasteiger partial charge in [0.25, 0.3) is 17.6 Å². The van der Waals surface area contributed by atoms with E-state index in [0.717, 1.165) is 18.8 Å². The molecule has 1 aromatic carbocycles. The van der Waals surface area contributed by atoms with Crippen LogP contribution in [0.3, 0.4) is 0 Å². The molecule has 0 atom stereocenters. The maximum absolute atomic E-state index is 12.6. The normalized spacial score (nSPS) is 13.0. The summed E-state index contributed by atoms with van der Waals surface area (Å²) in [6, 6.07) is 7.04. The van der Waals surface area contributed by atoms with E-state index in [1.807, 2.05) is 17.7 Å². The average molecular weight is 462 g/mol. The van der Waals surface area contributed by atoms with E-state index in [1.165, 1.54) is 49.8 Å². The molecular formula is C23H32BrN3O2. The molecule has 1 aliphatic heterocycles. The minimum Gasteiger partial charge on any atom is -1.00 e. The number of benzene rings is 1. The van der Waals surface area contributed by atoms with Crippen molar-refractivity contribution in [2.24, 2.45) is 0 Å². The Morgan fingerprint density at radius 2 is 1.41 bits per heavy atom. The second-order valence-corrected chi connectivity index (χ2v) is 7.71. The van der Waals surface area contributed by atoms with Gasteiger partial charge in [0.1, 0.15) is 12.4 Å². The van der Waals surface area contributed by atoms with Crippen LogP contribution in [0.15, 0.2) is 36.7 Å². The molecule has 1 aromatic heterocycles. The van der Waals surface area contributed by atoms with Gasteiger partial charge >= 0.3 is 0 Å². The third-order valence-electron chi connectivity index (χ3n) is 5.68. The van der Waals surface area contributed by atoms with Crippen molar-refractivity contribution in [3.8, 4) is 0 Å². The zero-order chi connectivity index (χ0) is 19.9. The fourth-order valence-electron chi connectivity index (χ4n) is 3.86. The second-order valence-electron chi connectivity index (χ2n) is 7.71. The van der Waals surface area contributed by atoms with E-state index in [0.29, 0.717) is 11.1 Å². The first-order valence-electron chi connectivity index (χ1n) is 10.6. The zero-order valence-corrected chi connectivity index (χ0v) is 19.2. The van der Waals surface area contributed by atoms with Crippen LogP contribution in [0, 0.1) is 6.92 Å². The van der Waals surface area contributed by atoms with Gasteiger partial charge in [-0.05, 0) is 25.0 Å². The van der Waals surface area contributed by atoms with Gasteiger partial charge in [0.15, 0.2) is 6.67 Å². The molecule has 0 N–H and O–H groups in total. The lowest BCUT2D eigenvalue weighted by Crippen LogP contribution is -3.00. The number of unbranched alkanes of at least 4 members (excludes halogenated alkanes) is 7. The van der Waals surface area contributed by atoms with E-state index in [4.69, 9.17) is 0 Å². The van der Waals surface area contributed by atoms with E-state index in [9.17, 15) is 9.59 Å². The summed E-state index contributed by atoms with van der Waals surface area (Å²) in [5.41, 5.74) is 1.01. The van der Waals surface area contributed by atoms with Crippen LogP contribution in [-0.2, 0) is 13.2 Å². The molecule has 2 heterocycles. The Labute approximate surface area is 184 Å². The fourth-order valence-corrected chi connectivity index (χ4v) is 3.86. The molecule has 0 saturated carbocycles. The Kier molecular flexibility index (Phi) is 9.08. The molecule has 0 unspecified atom stereocenters. The number of carbonyl (C=O) groups is 2. The van der Waals surface area contributed by atoms with Gasteiger partial charge in [0.2, 0.25) is 0 Å². The Morgan fingerprint density at radius 1 is 0.862 bits per heavy atom. The molecule has 158 valence electrons. The number of aryl methyl sites for hydroxylation is 1. The lowest BCUT2D eigenvalue weighted by atomic mass is 10.1. The van der Waals surface area contributed by atoms with E-state index in [1.54, 1.807) is 24.3 Å². The van der Waals surface area contributed by atoms with E-state index in [-0.39, 0.29) is 35.5 Å². The largest absolute Gasteiger partial charge is 1.00 e. The SMILES string of the molecule is CCCCCCCCCCn1cc[n+](CN2C(=O)c3ccccc3C2=O)c1C.[Br-]. The number of hydrogen-bond acceptors (Lipinski definition) is 2. The summed E-state index contributed by atoms with van der Waals surface area (Å²) in [6.45, 7) is 5.54. The number of carbonyl (C=O) groups excluding carboxylic acids is 2. The minimum atomic E-state index is -0.205. The number of imidazole rings is 1. The first-order chi connectivity index (χ1) is 13.6. The van der Waals surface area contributed by atoms with Crippen LogP contribution < -0.4 is 21.5 Å². The molecular weight excluding hydrogens is 430 g/mol. The number of amides is 2. The molecule has 0 aliphatic carbocycles. The molecule has 2 amide bonds. The Balaban J connectivity index is 0.00000300. The highest BCUT2D eigenvalue weighted by molar-refractivity contribution is 6.21. The van der Waals surface area contributed by atoms with Crippen molar-refractivity contribution < 1.29 is 31.1 Å². The number of imide groups is 1. The fraction of sp³-hybridized carbons (Fsp3) is 0.522. The summed E-state index contributed by atoms with van der Waals surface area (Å²) in [4.78, 5) is 26.4. The van der Waals surface area contributed by atoms with Gasteiger partial charge < -0.3 is 17.0 Å². The smallest absolute Gasteiger partial charge is 0.264 e. The number of aromatic nitrogens is 2. The Morgan fingerprint density at radius 3 is 2.00 bits per heavy atom. The average Bonchev–Trinajstić information content (AvgIpc) is 3.17. The molecule has 2 aromatic rings. The van der Waals surface area contributed by atoms with Gasteiger partial charge in [-0.15, -0.1) is 0 Å². The van der Waals surface area contributed by atoms with Crippen molar-refractivity contribution in [2.75, 3.05) is 0 Å². The molecule has 0 saturated heterocycles. The topological polar surface area (TPSA) is 46.2 Å². The van der Waals surface area contributed by atoms with Crippen molar-refractivity contribution in [1.82, 2.24) is 9.47 Å². The van der Waals surface area contributed by atoms with Crippen LogP contribution in [0.1, 0.15) is 84.8 Å². The van der Waals surface area contributed by atoms with Gasteiger partial charge in [0.05, 0.1) is 17.7 Å². The lowest BCUT2D eigenvalue weighted by molar-refractivity contribution is -0.714. The first-order valence-corrected chi connectivity index (χ1v) is 10.6. The zero-order valence-electron chi connectivity index (χ0n) is 17.6. The van der Waals surface area contributed by atoms with Gasteiger partial charge in [-0.1, -0.05) is 57.6 Å². The Hall–Kier alpha value is -1.95. The number of fused-ring (bicyclic) bond motifs is 1. The van der Waals surface area contributed by atoms with Gasteiger partial charge in [0, 0.05) is 6.92 Å². The third-order valence-corrected chi connectivity index (χ3v) is 5.68. The number of nitrogens with zero attached hydrogens (tertiary/aromatic N) is 3. The highest BCUT2D eigenvalue weighted by Crippen LogP contribution is 2.22. The van der Waals surface area contributed by atoms with Crippen LogP contribution in [0.25, 0.3) is 0 Å². The molecule has 6 heteroatoms. The Bertz CT molecular complexity index is 796. The summed E-state index contributed by atoms with van der Waals surface area (Å²) in [6.07, 6.45) is 14.4. The van der Waals surface area contributed by atoms with E-state index >= 15 is 0 Å². The van der Waals surface area contributed by atoms with Crippen LogP contribution in [0.2, 0.25) is 0 Å². The maximum Gasteiger partial charge on any atom is 0.264 e. The maximum atomic E-state index is 12.6. The molecule has 0 spiro atoms. The molecule has 1 aliphatic rings. The number of hydrogen-bond donors (Lipinski definition) is 0. The highest BCUT2D eigenvalue weighted by Gasteiger charge is 2.36. The van der Waals surface area contributed by atoms with Crippen molar-refractivity contribution >= 4 is 11.8 Å². The van der Waals surface area contributed by atoms with Crippen molar-refractivity contribution in [1.29, 1.82) is 0 Å². The third kappa shape index (κ3) is 5.56. The highest BCUT2D eigenvalue weighted by atomic mass is 79.9. The van der Waals surface area contributed by atoms with Gasteiger partial charge in [-0.25, -0.2) is 14.0 Å². The number of rotatable bonds is 11. The second kappa shape index (κ2) is 11.3. The van der Waals surface area contributed by atoms with Crippen molar-refractivity contribution in [2.45, 2.75) is 78.4 Å². The van der Waals surface area contributed by atoms with Crippen LogP contribution in [0.4, 0.5) is 0 Å². The molecule has 5 nitrogen and oxygen atoms in total. The molecule has 0 fully saturated rings.